The lowest BCUT2D eigenvalue weighted by atomic mass is 9.88. The van der Waals surface area contributed by atoms with E-state index in [2.05, 4.69) is 101 Å². The molecule has 44 heavy (non-hydrogen) atoms. The van der Waals surface area contributed by atoms with Gasteiger partial charge in [-0.05, 0) is 76.6 Å². The Bertz CT molecular complexity index is 2390. The van der Waals surface area contributed by atoms with Crippen LogP contribution in [0, 0.1) is 0 Å². The summed E-state index contributed by atoms with van der Waals surface area (Å²) in [5.41, 5.74) is 6.71. The minimum absolute atomic E-state index is 0.00653. The average Bonchev–Trinajstić information content (AvgIpc) is 3.63. The highest BCUT2D eigenvalue weighted by Crippen LogP contribution is 2.40. The molecular formula is C38H33N3O3. The molecule has 0 aliphatic carbocycles. The zero-order valence-electron chi connectivity index (χ0n) is 25.7. The van der Waals surface area contributed by atoms with Crippen molar-refractivity contribution in [1.29, 1.82) is 0 Å². The second-order valence-corrected chi connectivity index (χ2v) is 13.6. The Balaban J connectivity index is 1.24. The number of hydrogen-bond acceptors (Lipinski definition) is 5. The summed E-state index contributed by atoms with van der Waals surface area (Å²) in [4.78, 5) is 9.59. The quantitative estimate of drug-likeness (QED) is 0.208. The molecule has 0 amide bonds. The predicted octanol–water partition coefficient (Wildman–Crippen LogP) is 10.6. The first kappa shape index (κ1) is 26.5. The van der Waals surface area contributed by atoms with Crippen molar-refractivity contribution in [3.8, 4) is 17.3 Å². The number of para-hydroxylation sites is 1. The van der Waals surface area contributed by atoms with Crippen LogP contribution >= 0.6 is 0 Å². The van der Waals surface area contributed by atoms with Gasteiger partial charge in [0.15, 0.2) is 5.58 Å². The standard InChI is InChI=1S/C38H33N3O3/c1-37(2,3)22-15-16-39-33(18-22)41-29-10-8-7-9-26(29)27-13-11-25(20-30(27)41)42-24-12-14-31-28(19-24)34-35-32(44-36(34)43-31)17-23(21-40-35)38(4,5)6/h7-21H,1-6H3. The summed E-state index contributed by atoms with van der Waals surface area (Å²) < 4.78 is 20.9. The molecule has 6 heteroatoms. The molecule has 0 atom stereocenters. The number of ether oxygens (including phenoxy) is 1. The first-order chi connectivity index (χ1) is 21.0. The van der Waals surface area contributed by atoms with E-state index in [0.717, 1.165) is 61.0 Å². The van der Waals surface area contributed by atoms with Crippen molar-refractivity contribution in [2.75, 3.05) is 0 Å². The van der Waals surface area contributed by atoms with Crippen LogP contribution < -0.4 is 4.74 Å². The van der Waals surface area contributed by atoms with Crippen LogP contribution in [0.3, 0.4) is 0 Å². The van der Waals surface area contributed by atoms with E-state index in [1.807, 2.05) is 36.7 Å². The molecule has 0 saturated carbocycles. The molecule has 8 rings (SSSR count). The number of fused-ring (bicyclic) bond motifs is 8. The second kappa shape index (κ2) is 9.20. The summed E-state index contributed by atoms with van der Waals surface area (Å²) in [7, 11) is 0. The molecule has 0 unspecified atom stereocenters. The van der Waals surface area contributed by atoms with E-state index >= 15 is 0 Å². The molecular weight excluding hydrogens is 546 g/mol. The highest BCUT2D eigenvalue weighted by molar-refractivity contribution is 6.16. The van der Waals surface area contributed by atoms with Gasteiger partial charge in [0.2, 0.25) is 0 Å². The monoisotopic (exact) mass is 579 g/mol. The molecule has 3 aromatic carbocycles. The largest absolute Gasteiger partial charge is 0.457 e. The number of furan rings is 2. The van der Waals surface area contributed by atoms with Crippen LogP contribution in [-0.2, 0) is 10.8 Å². The van der Waals surface area contributed by atoms with Gasteiger partial charge in [0.25, 0.3) is 0 Å². The first-order valence-electron chi connectivity index (χ1n) is 15.0. The Labute approximate surface area is 254 Å². The lowest BCUT2D eigenvalue weighted by Gasteiger charge is -2.20. The van der Waals surface area contributed by atoms with Crippen molar-refractivity contribution in [2.45, 2.75) is 52.4 Å². The Morgan fingerprint density at radius 1 is 0.636 bits per heavy atom. The Morgan fingerprint density at radius 3 is 2.18 bits per heavy atom. The van der Waals surface area contributed by atoms with Gasteiger partial charge >= 0.3 is 5.78 Å². The van der Waals surface area contributed by atoms with Gasteiger partial charge in [0, 0.05) is 34.6 Å². The fourth-order valence-electron chi connectivity index (χ4n) is 6.04. The van der Waals surface area contributed by atoms with Gasteiger partial charge in [0.1, 0.15) is 28.4 Å². The Hall–Kier alpha value is -5.10. The topological polar surface area (TPSA) is 66.2 Å². The summed E-state index contributed by atoms with van der Waals surface area (Å²) >= 11 is 0. The van der Waals surface area contributed by atoms with Crippen LogP contribution in [0.25, 0.3) is 60.9 Å². The minimum atomic E-state index is -0.0313. The van der Waals surface area contributed by atoms with E-state index in [9.17, 15) is 0 Å². The molecule has 0 spiro atoms. The number of pyridine rings is 2. The molecule has 0 N–H and O–H groups in total. The minimum Gasteiger partial charge on any atom is -0.457 e. The van der Waals surface area contributed by atoms with E-state index in [1.54, 1.807) is 0 Å². The highest BCUT2D eigenvalue weighted by Gasteiger charge is 2.22. The van der Waals surface area contributed by atoms with E-state index in [1.165, 1.54) is 10.9 Å². The Morgan fingerprint density at radius 2 is 1.36 bits per heavy atom. The maximum absolute atomic E-state index is 6.50. The molecule has 0 bridgehead atoms. The number of rotatable bonds is 3. The van der Waals surface area contributed by atoms with E-state index < -0.39 is 0 Å². The van der Waals surface area contributed by atoms with Crippen LogP contribution in [0.5, 0.6) is 11.5 Å². The summed E-state index contributed by atoms with van der Waals surface area (Å²) in [6.45, 7) is 13.2. The van der Waals surface area contributed by atoms with Crippen LogP contribution in [0.15, 0.2) is 100 Å². The summed E-state index contributed by atoms with van der Waals surface area (Å²) in [5, 5.41) is 4.09. The molecule has 0 radical (unpaired) electrons. The van der Waals surface area contributed by atoms with Crippen molar-refractivity contribution in [3.05, 3.63) is 102 Å². The molecule has 0 aliphatic rings. The lowest BCUT2D eigenvalue weighted by molar-refractivity contribution is 0.483. The summed E-state index contributed by atoms with van der Waals surface area (Å²) in [5.74, 6) is 2.80. The SMILES string of the molecule is CC(C)(C)c1ccnc(-n2c3ccccc3c3ccc(Oc4ccc5oc6oc7cc(C(C)(C)C)cnc7c6c5c4)cc32)c1. The molecule has 5 aromatic heterocycles. The van der Waals surface area contributed by atoms with E-state index in [0.29, 0.717) is 11.5 Å². The maximum atomic E-state index is 6.50. The first-order valence-corrected chi connectivity index (χ1v) is 15.0. The van der Waals surface area contributed by atoms with Gasteiger partial charge in [-0.1, -0.05) is 59.7 Å². The van der Waals surface area contributed by atoms with Gasteiger partial charge in [-0.2, -0.15) is 0 Å². The average molecular weight is 580 g/mol. The van der Waals surface area contributed by atoms with Crippen LogP contribution in [0.2, 0.25) is 0 Å². The van der Waals surface area contributed by atoms with E-state index in [4.69, 9.17) is 23.5 Å². The van der Waals surface area contributed by atoms with Gasteiger partial charge in [-0.25, -0.2) is 4.98 Å². The van der Waals surface area contributed by atoms with Gasteiger partial charge in [-0.3, -0.25) is 9.55 Å². The van der Waals surface area contributed by atoms with Crippen molar-refractivity contribution in [1.82, 2.24) is 14.5 Å². The smallest absolute Gasteiger partial charge is 0.301 e. The third-order valence-electron chi connectivity index (χ3n) is 8.51. The molecule has 6 nitrogen and oxygen atoms in total. The van der Waals surface area contributed by atoms with Crippen molar-refractivity contribution >= 4 is 55.0 Å². The highest BCUT2D eigenvalue weighted by atomic mass is 16.5. The zero-order chi connectivity index (χ0) is 30.4. The lowest BCUT2D eigenvalue weighted by Crippen LogP contribution is -2.12. The number of benzene rings is 3. The second-order valence-electron chi connectivity index (χ2n) is 13.6. The summed E-state index contributed by atoms with van der Waals surface area (Å²) in [6.07, 6.45) is 3.83. The van der Waals surface area contributed by atoms with E-state index in [-0.39, 0.29) is 10.8 Å². The molecule has 5 heterocycles. The molecule has 0 fully saturated rings. The normalized spacial score (nSPS) is 12.8. The fourth-order valence-corrected chi connectivity index (χ4v) is 6.04. The van der Waals surface area contributed by atoms with Crippen LogP contribution in [0.1, 0.15) is 52.7 Å². The zero-order valence-corrected chi connectivity index (χ0v) is 25.7. The van der Waals surface area contributed by atoms with Gasteiger partial charge < -0.3 is 13.6 Å². The fraction of sp³-hybridized carbons (Fsp3) is 0.211. The molecule has 0 aliphatic heterocycles. The van der Waals surface area contributed by atoms with Gasteiger partial charge in [-0.15, -0.1) is 0 Å². The van der Waals surface area contributed by atoms with Gasteiger partial charge in [0.05, 0.1) is 16.4 Å². The maximum Gasteiger partial charge on any atom is 0.301 e. The number of nitrogens with zero attached hydrogens (tertiary/aromatic N) is 3. The van der Waals surface area contributed by atoms with Crippen LogP contribution in [-0.4, -0.2) is 14.5 Å². The predicted molar refractivity (Wildman–Crippen MR) is 177 cm³/mol. The number of hydrogen-bond donors (Lipinski definition) is 0. The van der Waals surface area contributed by atoms with Crippen LogP contribution in [0.4, 0.5) is 0 Å². The number of aromatic nitrogens is 3. The van der Waals surface area contributed by atoms with Crippen molar-refractivity contribution in [3.63, 3.8) is 0 Å². The van der Waals surface area contributed by atoms with Crippen molar-refractivity contribution < 1.29 is 13.6 Å². The van der Waals surface area contributed by atoms with Crippen molar-refractivity contribution in [2.24, 2.45) is 0 Å². The molecule has 0 saturated heterocycles. The Kier molecular flexibility index (Phi) is 5.54. The molecule has 8 aromatic rings. The third-order valence-corrected chi connectivity index (χ3v) is 8.51. The molecule has 218 valence electrons. The summed E-state index contributed by atoms with van der Waals surface area (Å²) in [6, 6.07) is 26.9. The third kappa shape index (κ3) is 4.16.